The molecule has 238 valence electrons. The van der Waals surface area contributed by atoms with Gasteiger partial charge in [-0.05, 0) is 79.1 Å². The first kappa shape index (κ1) is 29.8. The van der Waals surface area contributed by atoms with Crippen molar-refractivity contribution in [2.24, 2.45) is 18.9 Å². The smallest absolute Gasteiger partial charge is 0.416 e. The largest absolute Gasteiger partial charge is 0.481 e. The highest BCUT2D eigenvalue weighted by atomic mass is 19.4. The Morgan fingerprint density at radius 3 is 2.49 bits per heavy atom. The van der Waals surface area contributed by atoms with Crippen molar-refractivity contribution in [3.05, 3.63) is 69.9 Å². The lowest BCUT2D eigenvalue weighted by molar-refractivity contribution is -0.138. The fraction of sp³-hybridized carbons (Fsp3) is 0.531. The summed E-state index contributed by atoms with van der Waals surface area (Å²) in [5.41, 5.74) is 0.699. The number of aliphatic carboxylic acids is 1. The molecule has 2 saturated carbocycles. The second-order valence-corrected chi connectivity index (χ2v) is 12.9. The van der Waals surface area contributed by atoms with E-state index < -0.39 is 36.1 Å². The number of halogens is 3. The topological polar surface area (TPSA) is 122 Å². The Bertz CT molecular complexity index is 1630. The Morgan fingerprint density at radius 1 is 1.13 bits per heavy atom. The maximum Gasteiger partial charge on any atom is 0.416 e. The molecule has 2 aromatic heterocycles. The number of carboxylic acids is 1. The van der Waals surface area contributed by atoms with E-state index in [1.165, 1.54) is 11.0 Å². The van der Waals surface area contributed by atoms with Crippen LogP contribution in [0.15, 0.2) is 30.6 Å². The lowest BCUT2D eigenvalue weighted by atomic mass is 9.83. The summed E-state index contributed by atoms with van der Waals surface area (Å²) in [4.78, 5) is 31.8. The van der Waals surface area contributed by atoms with Crippen LogP contribution in [0.2, 0.25) is 0 Å². The normalized spacial score (nSPS) is 20.1. The van der Waals surface area contributed by atoms with Crippen LogP contribution in [0.1, 0.15) is 101 Å². The SMILES string of the molecule is Cn1cnnc1C(c1cc(C2CC2)nc(N2Cc3c(cc([C@H](CC(=O)O)NCC4CCC4)cc3C(F)(F)F)C2=O)c1)C1COC1. The van der Waals surface area contributed by atoms with Gasteiger partial charge in [0.05, 0.1) is 37.7 Å². The van der Waals surface area contributed by atoms with Gasteiger partial charge in [-0.15, -0.1) is 10.2 Å². The molecule has 1 saturated heterocycles. The number of fused-ring (bicyclic) bond motifs is 1. The number of benzene rings is 1. The summed E-state index contributed by atoms with van der Waals surface area (Å²) >= 11 is 0. The van der Waals surface area contributed by atoms with Crippen molar-refractivity contribution in [1.29, 1.82) is 0 Å². The number of pyridine rings is 1. The first-order valence-corrected chi connectivity index (χ1v) is 15.5. The number of aromatic nitrogens is 4. The van der Waals surface area contributed by atoms with E-state index >= 15 is 0 Å². The number of alkyl halides is 3. The summed E-state index contributed by atoms with van der Waals surface area (Å²) in [6.07, 6.45) is 1.47. The molecule has 0 bridgehead atoms. The zero-order valence-electron chi connectivity index (χ0n) is 24.9. The minimum absolute atomic E-state index is 0.0712. The summed E-state index contributed by atoms with van der Waals surface area (Å²) in [5.74, 6) is -0.168. The number of anilines is 1. The molecule has 7 rings (SSSR count). The monoisotopic (exact) mass is 624 g/mol. The van der Waals surface area contributed by atoms with Gasteiger partial charge >= 0.3 is 12.1 Å². The zero-order chi connectivity index (χ0) is 31.5. The molecule has 13 heteroatoms. The number of carbonyl (C=O) groups excluding carboxylic acids is 1. The van der Waals surface area contributed by atoms with Gasteiger partial charge in [0.25, 0.3) is 5.91 Å². The molecular formula is C32H35F3N6O4. The Balaban J connectivity index is 1.27. The minimum Gasteiger partial charge on any atom is -0.481 e. The Morgan fingerprint density at radius 2 is 1.91 bits per heavy atom. The average molecular weight is 625 g/mol. The van der Waals surface area contributed by atoms with Gasteiger partial charge < -0.3 is 19.7 Å². The number of hydrogen-bond acceptors (Lipinski definition) is 7. The summed E-state index contributed by atoms with van der Waals surface area (Å²) in [7, 11) is 1.86. The van der Waals surface area contributed by atoms with Crippen molar-refractivity contribution in [3.8, 4) is 0 Å². The fourth-order valence-corrected chi connectivity index (χ4v) is 6.67. The van der Waals surface area contributed by atoms with E-state index in [1.54, 1.807) is 12.4 Å². The predicted molar refractivity (Wildman–Crippen MR) is 156 cm³/mol. The highest BCUT2D eigenvalue weighted by Gasteiger charge is 2.43. The molecule has 4 heterocycles. The number of amides is 1. The third-order valence-electron chi connectivity index (χ3n) is 9.67. The molecule has 2 aliphatic heterocycles. The Labute approximate surface area is 258 Å². The first-order chi connectivity index (χ1) is 21.6. The van der Waals surface area contributed by atoms with E-state index in [0.29, 0.717) is 31.5 Å². The lowest BCUT2D eigenvalue weighted by Crippen LogP contribution is -2.35. The van der Waals surface area contributed by atoms with Gasteiger partial charge in [-0.1, -0.05) is 6.42 Å². The average Bonchev–Trinajstić information content (AvgIpc) is 3.63. The van der Waals surface area contributed by atoms with Gasteiger partial charge in [-0.25, -0.2) is 4.98 Å². The van der Waals surface area contributed by atoms with Crippen LogP contribution >= 0.6 is 0 Å². The number of carboxylic acid groups (broad SMARTS) is 1. The number of nitrogens with zero attached hydrogens (tertiary/aromatic N) is 5. The molecule has 2 aliphatic carbocycles. The molecule has 3 aromatic rings. The number of nitrogens with one attached hydrogen (secondary N) is 1. The predicted octanol–water partition coefficient (Wildman–Crippen LogP) is 4.95. The summed E-state index contributed by atoms with van der Waals surface area (Å²) in [6, 6.07) is 5.40. The highest BCUT2D eigenvalue weighted by Crippen LogP contribution is 2.45. The van der Waals surface area contributed by atoms with Crippen molar-refractivity contribution in [3.63, 3.8) is 0 Å². The molecular weight excluding hydrogens is 589 g/mol. The summed E-state index contributed by atoms with van der Waals surface area (Å²) < 4.78 is 51.0. The van der Waals surface area contributed by atoms with E-state index in [9.17, 15) is 27.9 Å². The molecule has 45 heavy (non-hydrogen) atoms. The van der Waals surface area contributed by atoms with Crippen LogP contribution in [-0.4, -0.2) is 56.5 Å². The van der Waals surface area contributed by atoms with E-state index in [4.69, 9.17) is 9.72 Å². The number of hydrogen-bond donors (Lipinski definition) is 2. The van der Waals surface area contributed by atoms with Gasteiger partial charge in [-0.2, -0.15) is 13.2 Å². The second kappa shape index (κ2) is 11.5. The van der Waals surface area contributed by atoms with Gasteiger partial charge in [0.2, 0.25) is 0 Å². The zero-order valence-corrected chi connectivity index (χ0v) is 24.9. The van der Waals surface area contributed by atoms with Crippen molar-refractivity contribution < 1.29 is 32.6 Å². The number of ether oxygens (including phenoxy) is 1. The fourth-order valence-electron chi connectivity index (χ4n) is 6.67. The second-order valence-electron chi connectivity index (χ2n) is 12.9. The van der Waals surface area contributed by atoms with Crippen LogP contribution in [0.25, 0.3) is 0 Å². The van der Waals surface area contributed by atoms with E-state index in [2.05, 4.69) is 15.5 Å². The molecule has 2 atom stereocenters. The van der Waals surface area contributed by atoms with Crippen molar-refractivity contribution >= 4 is 17.7 Å². The van der Waals surface area contributed by atoms with Gasteiger partial charge in [0, 0.05) is 36.2 Å². The van der Waals surface area contributed by atoms with E-state index in [0.717, 1.165) is 55.3 Å². The number of carbonyl (C=O) groups is 2. The quantitative estimate of drug-likeness (QED) is 0.307. The van der Waals surface area contributed by atoms with Crippen molar-refractivity contribution in [2.45, 2.75) is 69.1 Å². The standard InChI is InChI=1S/C32H35F3N6O4/c1-40-16-37-39-30(40)29(21-14-45-15-21)20-9-26(18-5-6-18)38-27(10-20)41-13-23-22(31(41)44)7-19(8-24(23)32(33,34)35)25(11-28(42)43)36-12-17-3-2-4-17/h7-10,16-18,21,25,29,36H,2-6,11-15H2,1H3,(H,42,43)/t25-,29?/m0/s1. The number of aryl methyl sites for hydroxylation is 1. The molecule has 0 radical (unpaired) electrons. The molecule has 0 spiro atoms. The molecule has 4 aliphatic rings. The maximum absolute atomic E-state index is 14.6. The first-order valence-electron chi connectivity index (χ1n) is 15.5. The molecule has 1 unspecified atom stereocenters. The van der Waals surface area contributed by atoms with Crippen LogP contribution in [-0.2, 0) is 29.3 Å². The van der Waals surface area contributed by atoms with Crippen LogP contribution in [0, 0.1) is 11.8 Å². The van der Waals surface area contributed by atoms with Crippen molar-refractivity contribution in [1.82, 2.24) is 25.1 Å². The van der Waals surface area contributed by atoms with Gasteiger partial charge in [-0.3, -0.25) is 14.5 Å². The highest BCUT2D eigenvalue weighted by molar-refractivity contribution is 6.10. The van der Waals surface area contributed by atoms with Crippen LogP contribution in [0.5, 0.6) is 0 Å². The van der Waals surface area contributed by atoms with E-state index in [1.807, 2.05) is 17.7 Å². The summed E-state index contributed by atoms with van der Waals surface area (Å²) in [5, 5.41) is 21.2. The van der Waals surface area contributed by atoms with Crippen LogP contribution in [0.3, 0.4) is 0 Å². The molecule has 10 nitrogen and oxygen atoms in total. The summed E-state index contributed by atoms with van der Waals surface area (Å²) in [6.45, 7) is 1.29. The number of rotatable bonds is 11. The third kappa shape index (κ3) is 5.83. The molecule has 3 fully saturated rings. The molecule has 1 aromatic carbocycles. The third-order valence-corrected chi connectivity index (χ3v) is 9.67. The van der Waals surface area contributed by atoms with Gasteiger partial charge in [0.1, 0.15) is 18.0 Å². The maximum atomic E-state index is 14.6. The van der Waals surface area contributed by atoms with Gasteiger partial charge in [0.15, 0.2) is 0 Å². The van der Waals surface area contributed by atoms with Crippen LogP contribution in [0.4, 0.5) is 19.0 Å². The van der Waals surface area contributed by atoms with Crippen LogP contribution < -0.4 is 10.2 Å². The molecule has 2 N–H and O–H groups in total. The van der Waals surface area contributed by atoms with E-state index in [-0.39, 0.29) is 41.0 Å². The molecule has 1 amide bonds. The minimum atomic E-state index is -4.74. The van der Waals surface area contributed by atoms with Crippen molar-refractivity contribution in [2.75, 3.05) is 24.7 Å². The lowest BCUT2D eigenvalue weighted by Gasteiger charge is -2.34. The Hall–Kier alpha value is -3.84. The Kier molecular flexibility index (Phi) is 7.63.